The lowest BCUT2D eigenvalue weighted by Gasteiger charge is -2.23. The molecule has 174 valence electrons. The number of rotatable bonds is 7. The molecule has 0 radical (unpaired) electrons. The summed E-state index contributed by atoms with van der Waals surface area (Å²) in [6.07, 6.45) is 6.62. The van der Waals surface area contributed by atoms with E-state index in [0.29, 0.717) is 5.56 Å². The van der Waals surface area contributed by atoms with Crippen LogP contribution in [0.2, 0.25) is 0 Å². The molecule has 6 nitrogen and oxygen atoms in total. The van der Waals surface area contributed by atoms with Crippen molar-refractivity contribution in [3.8, 4) is 0 Å². The zero-order chi connectivity index (χ0) is 23.6. The molecule has 1 heterocycles. The fraction of sp³-hybridized carbons (Fsp3) is 0.444. The zero-order valence-corrected chi connectivity index (χ0v) is 19.7. The fourth-order valence-electron chi connectivity index (χ4n) is 4.87. The lowest BCUT2D eigenvalue weighted by atomic mass is 9.89. The van der Waals surface area contributed by atoms with E-state index in [4.69, 9.17) is 0 Å². The zero-order valence-electron chi connectivity index (χ0n) is 19.7. The van der Waals surface area contributed by atoms with Crippen molar-refractivity contribution in [3.63, 3.8) is 0 Å². The van der Waals surface area contributed by atoms with Crippen LogP contribution in [0.15, 0.2) is 42.5 Å². The van der Waals surface area contributed by atoms with Crippen LogP contribution in [-0.2, 0) is 34.4 Å². The summed E-state index contributed by atoms with van der Waals surface area (Å²) in [5.41, 5.74) is 4.52. The molecule has 1 fully saturated rings. The number of carbonyl (C=O) groups is 3. The van der Waals surface area contributed by atoms with Gasteiger partial charge in [0.05, 0.1) is 6.04 Å². The van der Waals surface area contributed by atoms with Crippen molar-refractivity contribution >= 4 is 17.8 Å². The Morgan fingerprint density at radius 3 is 2.48 bits per heavy atom. The van der Waals surface area contributed by atoms with E-state index in [1.54, 1.807) is 6.92 Å². The van der Waals surface area contributed by atoms with Gasteiger partial charge < -0.3 is 10.6 Å². The Labute approximate surface area is 195 Å². The first kappa shape index (κ1) is 23.0. The first-order chi connectivity index (χ1) is 15.8. The first-order valence-corrected chi connectivity index (χ1v) is 12.0. The van der Waals surface area contributed by atoms with E-state index in [1.165, 1.54) is 29.5 Å². The number of urea groups is 1. The lowest BCUT2D eigenvalue weighted by Crippen LogP contribution is -2.43. The SMILES string of the molecule is CCCc1ccc(C2(C)NC(=O)N(CC(=O)NC(C)c3ccc4c(c3)CCCC4)C2=O)cc1. The number of hydrogen-bond acceptors (Lipinski definition) is 3. The summed E-state index contributed by atoms with van der Waals surface area (Å²) < 4.78 is 0. The van der Waals surface area contributed by atoms with Gasteiger partial charge in [-0.3, -0.25) is 14.5 Å². The van der Waals surface area contributed by atoms with E-state index >= 15 is 0 Å². The van der Waals surface area contributed by atoms with Crippen LogP contribution in [-0.4, -0.2) is 29.3 Å². The molecular weight excluding hydrogens is 414 g/mol. The number of fused-ring (bicyclic) bond motifs is 1. The van der Waals surface area contributed by atoms with E-state index in [1.807, 2.05) is 31.2 Å². The van der Waals surface area contributed by atoms with Gasteiger partial charge in [0, 0.05) is 0 Å². The number of carbonyl (C=O) groups excluding carboxylic acids is 3. The number of nitrogens with zero attached hydrogens (tertiary/aromatic N) is 1. The molecule has 0 bridgehead atoms. The molecular formula is C27H33N3O3. The Morgan fingerprint density at radius 1 is 1.09 bits per heavy atom. The van der Waals surface area contributed by atoms with E-state index in [0.717, 1.165) is 36.1 Å². The second kappa shape index (κ2) is 9.38. The highest BCUT2D eigenvalue weighted by Gasteiger charge is 2.49. The average Bonchev–Trinajstić information content (AvgIpc) is 3.03. The molecule has 2 atom stereocenters. The predicted octanol–water partition coefficient (Wildman–Crippen LogP) is 4.16. The van der Waals surface area contributed by atoms with Crippen molar-refractivity contribution in [3.05, 3.63) is 70.3 Å². The van der Waals surface area contributed by atoms with E-state index in [2.05, 4.69) is 35.8 Å². The number of nitrogens with one attached hydrogen (secondary N) is 2. The average molecular weight is 448 g/mol. The van der Waals surface area contributed by atoms with Crippen molar-refractivity contribution in [2.75, 3.05) is 6.54 Å². The standard InChI is InChI=1S/C27H33N3O3/c1-4-7-19-10-14-23(15-11-19)27(3)25(32)30(26(33)29-27)17-24(31)28-18(2)21-13-12-20-8-5-6-9-22(20)16-21/h10-16,18H,4-9,17H2,1-3H3,(H,28,31)(H,29,33). The van der Waals surface area contributed by atoms with Crippen LogP contribution in [0.25, 0.3) is 0 Å². The van der Waals surface area contributed by atoms with E-state index in [9.17, 15) is 14.4 Å². The third kappa shape index (κ3) is 4.65. The predicted molar refractivity (Wildman–Crippen MR) is 128 cm³/mol. The summed E-state index contributed by atoms with van der Waals surface area (Å²) in [6, 6.07) is 13.4. The molecule has 4 rings (SSSR count). The van der Waals surface area contributed by atoms with Crippen LogP contribution in [0.1, 0.15) is 73.9 Å². The van der Waals surface area contributed by atoms with Crippen molar-refractivity contribution < 1.29 is 14.4 Å². The van der Waals surface area contributed by atoms with Crippen LogP contribution < -0.4 is 10.6 Å². The highest BCUT2D eigenvalue weighted by atomic mass is 16.2. The van der Waals surface area contributed by atoms with Crippen LogP contribution in [0.4, 0.5) is 4.79 Å². The number of hydrogen-bond donors (Lipinski definition) is 2. The molecule has 33 heavy (non-hydrogen) atoms. The number of aryl methyl sites for hydroxylation is 3. The van der Waals surface area contributed by atoms with Gasteiger partial charge in [-0.25, -0.2) is 4.79 Å². The van der Waals surface area contributed by atoms with Gasteiger partial charge in [0.25, 0.3) is 5.91 Å². The molecule has 0 saturated carbocycles. The summed E-state index contributed by atoms with van der Waals surface area (Å²) in [5, 5.41) is 5.73. The molecule has 2 N–H and O–H groups in total. The molecule has 2 aromatic carbocycles. The molecule has 2 unspecified atom stereocenters. The summed E-state index contributed by atoms with van der Waals surface area (Å²) in [5.74, 6) is -0.765. The van der Waals surface area contributed by atoms with Gasteiger partial charge in [0.15, 0.2) is 0 Å². The minimum absolute atomic E-state index is 0.206. The summed E-state index contributed by atoms with van der Waals surface area (Å²) in [7, 11) is 0. The Kier molecular flexibility index (Phi) is 6.54. The Bertz CT molecular complexity index is 1060. The van der Waals surface area contributed by atoms with Gasteiger partial charge in [-0.1, -0.05) is 55.8 Å². The summed E-state index contributed by atoms with van der Waals surface area (Å²) in [4.78, 5) is 39.5. The maximum absolute atomic E-state index is 13.2. The monoisotopic (exact) mass is 447 g/mol. The summed E-state index contributed by atoms with van der Waals surface area (Å²) >= 11 is 0. The van der Waals surface area contributed by atoms with Crippen molar-refractivity contribution in [2.45, 2.75) is 70.9 Å². The number of benzene rings is 2. The molecule has 1 aliphatic carbocycles. The second-order valence-electron chi connectivity index (χ2n) is 9.42. The first-order valence-electron chi connectivity index (χ1n) is 12.0. The molecule has 4 amide bonds. The normalized spacial score (nSPS) is 20.9. The van der Waals surface area contributed by atoms with Crippen molar-refractivity contribution in [1.29, 1.82) is 0 Å². The van der Waals surface area contributed by atoms with Gasteiger partial charge in [0.2, 0.25) is 5.91 Å². The topological polar surface area (TPSA) is 78.5 Å². The summed E-state index contributed by atoms with van der Waals surface area (Å²) in [6.45, 7) is 5.43. The third-order valence-electron chi connectivity index (χ3n) is 6.90. The van der Waals surface area contributed by atoms with Crippen molar-refractivity contribution in [2.24, 2.45) is 0 Å². The second-order valence-corrected chi connectivity index (χ2v) is 9.42. The third-order valence-corrected chi connectivity index (χ3v) is 6.90. The number of imide groups is 1. The quantitative estimate of drug-likeness (QED) is 0.626. The van der Waals surface area contributed by atoms with Crippen LogP contribution in [0, 0.1) is 0 Å². The van der Waals surface area contributed by atoms with Crippen LogP contribution in [0.5, 0.6) is 0 Å². The van der Waals surface area contributed by atoms with E-state index < -0.39 is 17.5 Å². The van der Waals surface area contributed by atoms with Gasteiger partial charge in [0.1, 0.15) is 12.1 Å². The Balaban J connectivity index is 1.41. The maximum atomic E-state index is 13.2. The van der Waals surface area contributed by atoms with Crippen LogP contribution >= 0.6 is 0 Å². The fourth-order valence-corrected chi connectivity index (χ4v) is 4.87. The molecule has 1 aliphatic heterocycles. The molecule has 1 saturated heterocycles. The smallest absolute Gasteiger partial charge is 0.325 e. The molecule has 0 spiro atoms. The van der Waals surface area contributed by atoms with Crippen molar-refractivity contribution in [1.82, 2.24) is 15.5 Å². The molecule has 0 aromatic heterocycles. The largest absolute Gasteiger partial charge is 0.348 e. The Morgan fingerprint density at radius 2 is 1.79 bits per heavy atom. The minimum atomic E-state index is -1.17. The number of amides is 4. The van der Waals surface area contributed by atoms with Crippen LogP contribution in [0.3, 0.4) is 0 Å². The lowest BCUT2D eigenvalue weighted by molar-refractivity contribution is -0.135. The molecule has 6 heteroatoms. The van der Waals surface area contributed by atoms with Gasteiger partial charge >= 0.3 is 6.03 Å². The molecule has 2 aliphatic rings. The Hall–Kier alpha value is -3.15. The highest BCUT2D eigenvalue weighted by Crippen LogP contribution is 2.29. The minimum Gasteiger partial charge on any atom is -0.348 e. The maximum Gasteiger partial charge on any atom is 0.325 e. The van der Waals surface area contributed by atoms with Gasteiger partial charge in [-0.05, 0) is 73.8 Å². The molecule has 2 aromatic rings. The van der Waals surface area contributed by atoms with E-state index in [-0.39, 0.29) is 18.5 Å². The van der Waals surface area contributed by atoms with Gasteiger partial charge in [-0.2, -0.15) is 0 Å². The van der Waals surface area contributed by atoms with Gasteiger partial charge in [-0.15, -0.1) is 0 Å². The highest BCUT2D eigenvalue weighted by molar-refractivity contribution is 6.09.